The maximum absolute atomic E-state index is 12.0. The second kappa shape index (κ2) is 7.41. The molecule has 2 amide bonds. The lowest BCUT2D eigenvalue weighted by Gasteiger charge is -2.07. The van der Waals surface area contributed by atoms with Crippen molar-refractivity contribution in [3.8, 4) is 5.75 Å². The van der Waals surface area contributed by atoms with Gasteiger partial charge >= 0.3 is 6.03 Å². The predicted octanol–water partition coefficient (Wildman–Crippen LogP) is 4.24. The molecule has 1 aromatic heterocycles. The number of benzene rings is 1. The standard InChI is InChI=1S/C16H20N4O2S/c1-2-22-13-9-7-12(8-10-13)17-15(21)18-16-20-19-14(23-16)11-5-3-4-6-11/h7-11H,2-6H2,1H3,(H2,17,18,20,21). The van der Waals surface area contributed by atoms with Crippen LogP contribution in [-0.2, 0) is 0 Å². The van der Waals surface area contributed by atoms with E-state index >= 15 is 0 Å². The minimum Gasteiger partial charge on any atom is -0.494 e. The highest BCUT2D eigenvalue weighted by Gasteiger charge is 2.21. The summed E-state index contributed by atoms with van der Waals surface area (Å²) in [5, 5.41) is 15.3. The second-order valence-corrected chi connectivity index (χ2v) is 6.47. The normalized spacial score (nSPS) is 14.7. The molecular formula is C16H20N4O2S. The van der Waals surface area contributed by atoms with Gasteiger partial charge in [0.2, 0.25) is 5.13 Å². The van der Waals surface area contributed by atoms with E-state index in [-0.39, 0.29) is 6.03 Å². The van der Waals surface area contributed by atoms with Crippen molar-refractivity contribution in [2.45, 2.75) is 38.5 Å². The number of carbonyl (C=O) groups is 1. The average molecular weight is 332 g/mol. The number of carbonyl (C=O) groups excluding carboxylic acids is 1. The molecule has 1 heterocycles. The van der Waals surface area contributed by atoms with E-state index in [1.807, 2.05) is 19.1 Å². The van der Waals surface area contributed by atoms with Gasteiger partial charge in [-0.25, -0.2) is 4.79 Å². The summed E-state index contributed by atoms with van der Waals surface area (Å²) >= 11 is 1.46. The highest BCUT2D eigenvalue weighted by Crippen LogP contribution is 2.36. The Bertz CT molecular complexity index is 650. The SMILES string of the molecule is CCOc1ccc(NC(=O)Nc2nnc(C3CCCC3)s2)cc1. The molecule has 0 bridgehead atoms. The zero-order valence-electron chi connectivity index (χ0n) is 13.0. The topological polar surface area (TPSA) is 76.1 Å². The van der Waals surface area contributed by atoms with Crippen LogP contribution < -0.4 is 15.4 Å². The molecule has 0 unspecified atom stereocenters. The van der Waals surface area contributed by atoms with Crippen molar-refractivity contribution in [2.75, 3.05) is 17.2 Å². The van der Waals surface area contributed by atoms with Crippen molar-refractivity contribution >= 4 is 28.2 Å². The van der Waals surface area contributed by atoms with Crippen LogP contribution in [0.1, 0.15) is 43.5 Å². The number of hydrogen-bond acceptors (Lipinski definition) is 5. The van der Waals surface area contributed by atoms with Crippen LogP contribution in [0.4, 0.5) is 15.6 Å². The van der Waals surface area contributed by atoms with Crippen LogP contribution in [0.3, 0.4) is 0 Å². The van der Waals surface area contributed by atoms with Gasteiger partial charge in [0.1, 0.15) is 10.8 Å². The van der Waals surface area contributed by atoms with Gasteiger partial charge in [-0.15, -0.1) is 10.2 Å². The smallest absolute Gasteiger partial charge is 0.325 e. The van der Waals surface area contributed by atoms with E-state index in [9.17, 15) is 4.79 Å². The summed E-state index contributed by atoms with van der Waals surface area (Å²) in [6, 6.07) is 6.93. The van der Waals surface area contributed by atoms with Gasteiger partial charge in [-0.3, -0.25) is 5.32 Å². The van der Waals surface area contributed by atoms with Gasteiger partial charge in [-0.1, -0.05) is 24.2 Å². The second-order valence-electron chi connectivity index (χ2n) is 5.46. The molecule has 3 rings (SSSR count). The van der Waals surface area contributed by atoms with E-state index in [0.717, 1.165) is 10.8 Å². The van der Waals surface area contributed by atoms with E-state index in [4.69, 9.17) is 4.74 Å². The molecule has 0 radical (unpaired) electrons. The molecule has 122 valence electrons. The van der Waals surface area contributed by atoms with Crippen LogP contribution in [0.2, 0.25) is 0 Å². The number of amides is 2. The first kappa shape index (κ1) is 15.7. The monoisotopic (exact) mass is 332 g/mol. The Kier molecular flexibility index (Phi) is 5.07. The van der Waals surface area contributed by atoms with Crippen molar-refractivity contribution in [3.05, 3.63) is 29.3 Å². The summed E-state index contributed by atoms with van der Waals surface area (Å²) in [5.74, 6) is 1.29. The van der Waals surface area contributed by atoms with Gasteiger partial charge < -0.3 is 10.1 Å². The average Bonchev–Trinajstić information content (AvgIpc) is 3.20. The molecule has 0 saturated heterocycles. The van der Waals surface area contributed by atoms with Gasteiger partial charge in [0.05, 0.1) is 6.61 Å². The summed E-state index contributed by atoms with van der Waals surface area (Å²) in [5.41, 5.74) is 0.700. The van der Waals surface area contributed by atoms with Gasteiger partial charge in [0, 0.05) is 11.6 Å². The number of hydrogen-bond donors (Lipinski definition) is 2. The summed E-state index contributed by atoms with van der Waals surface area (Å²) in [6.07, 6.45) is 4.86. The molecule has 1 saturated carbocycles. The number of ether oxygens (including phenoxy) is 1. The van der Waals surface area contributed by atoms with E-state index < -0.39 is 0 Å². The van der Waals surface area contributed by atoms with Gasteiger partial charge in [-0.2, -0.15) is 0 Å². The quantitative estimate of drug-likeness (QED) is 0.858. The molecular weight excluding hydrogens is 312 g/mol. The molecule has 0 spiro atoms. The lowest BCUT2D eigenvalue weighted by molar-refractivity contribution is 0.262. The number of anilines is 2. The summed E-state index contributed by atoms with van der Waals surface area (Å²) in [6.45, 7) is 2.55. The fourth-order valence-corrected chi connectivity index (χ4v) is 3.59. The van der Waals surface area contributed by atoms with Crippen LogP contribution in [0.5, 0.6) is 5.75 Å². The lowest BCUT2D eigenvalue weighted by Crippen LogP contribution is -2.19. The largest absolute Gasteiger partial charge is 0.494 e. The van der Waals surface area contributed by atoms with Gasteiger partial charge in [0.25, 0.3) is 0 Å². The molecule has 2 aromatic rings. The molecule has 0 aliphatic heterocycles. The van der Waals surface area contributed by atoms with Crippen LogP contribution >= 0.6 is 11.3 Å². The first-order valence-corrected chi connectivity index (χ1v) is 8.70. The van der Waals surface area contributed by atoms with E-state index in [2.05, 4.69) is 20.8 Å². The van der Waals surface area contributed by atoms with Crippen molar-refractivity contribution in [1.29, 1.82) is 0 Å². The van der Waals surface area contributed by atoms with Crippen molar-refractivity contribution in [3.63, 3.8) is 0 Å². The third kappa shape index (κ3) is 4.19. The number of nitrogens with one attached hydrogen (secondary N) is 2. The van der Waals surface area contributed by atoms with E-state index in [0.29, 0.717) is 23.3 Å². The van der Waals surface area contributed by atoms with Crippen LogP contribution in [0.25, 0.3) is 0 Å². The molecule has 1 aromatic carbocycles. The number of rotatable bonds is 5. The fraction of sp³-hybridized carbons (Fsp3) is 0.438. The number of nitrogens with zero attached hydrogens (tertiary/aromatic N) is 2. The van der Waals surface area contributed by atoms with Gasteiger partial charge in [-0.05, 0) is 44.0 Å². The fourth-order valence-electron chi connectivity index (χ4n) is 2.68. The third-order valence-electron chi connectivity index (χ3n) is 3.79. The Morgan fingerprint density at radius 2 is 1.96 bits per heavy atom. The van der Waals surface area contributed by atoms with Crippen molar-refractivity contribution in [2.24, 2.45) is 0 Å². The number of aromatic nitrogens is 2. The summed E-state index contributed by atoms with van der Waals surface area (Å²) < 4.78 is 5.37. The molecule has 7 heteroatoms. The Balaban J connectivity index is 1.54. The van der Waals surface area contributed by atoms with Crippen LogP contribution in [0.15, 0.2) is 24.3 Å². The van der Waals surface area contributed by atoms with Gasteiger partial charge in [0.15, 0.2) is 0 Å². The maximum atomic E-state index is 12.0. The zero-order chi connectivity index (χ0) is 16.1. The molecule has 23 heavy (non-hydrogen) atoms. The first-order chi connectivity index (χ1) is 11.2. The predicted molar refractivity (Wildman–Crippen MR) is 91.4 cm³/mol. The van der Waals surface area contributed by atoms with Crippen LogP contribution in [-0.4, -0.2) is 22.8 Å². The minimum atomic E-state index is -0.316. The molecule has 1 aliphatic rings. The Hall–Kier alpha value is -2.15. The Morgan fingerprint density at radius 1 is 1.22 bits per heavy atom. The van der Waals surface area contributed by atoms with E-state index in [1.54, 1.807) is 12.1 Å². The summed E-state index contributed by atoms with van der Waals surface area (Å²) in [4.78, 5) is 12.0. The Labute approximate surface area is 139 Å². The molecule has 0 atom stereocenters. The van der Waals surface area contributed by atoms with Crippen LogP contribution in [0, 0.1) is 0 Å². The third-order valence-corrected chi connectivity index (χ3v) is 4.79. The minimum absolute atomic E-state index is 0.316. The molecule has 1 fully saturated rings. The van der Waals surface area contributed by atoms with E-state index in [1.165, 1.54) is 37.0 Å². The molecule has 2 N–H and O–H groups in total. The molecule has 6 nitrogen and oxygen atoms in total. The summed E-state index contributed by atoms with van der Waals surface area (Å²) in [7, 11) is 0. The maximum Gasteiger partial charge on any atom is 0.325 e. The Morgan fingerprint density at radius 3 is 2.65 bits per heavy atom. The lowest BCUT2D eigenvalue weighted by atomic mass is 10.1. The first-order valence-electron chi connectivity index (χ1n) is 7.89. The van der Waals surface area contributed by atoms with Crippen molar-refractivity contribution < 1.29 is 9.53 Å². The van der Waals surface area contributed by atoms with Crippen molar-refractivity contribution in [1.82, 2.24) is 10.2 Å². The zero-order valence-corrected chi connectivity index (χ0v) is 13.9. The highest BCUT2D eigenvalue weighted by atomic mass is 32.1. The highest BCUT2D eigenvalue weighted by molar-refractivity contribution is 7.15. The number of urea groups is 1. The molecule has 1 aliphatic carbocycles.